The summed E-state index contributed by atoms with van der Waals surface area (Å²) in [5.74, 6) is 0. The molecular weight excluding hydrogens is 156 g/mol. The van der Waals surface area contributed by atoms with E-state index in [2.05, 4.69) is 5.32 Å². The number of hydrogen-bond donors (Lipinski definition) is 1. The predicted molar refractivity (Wildman–Crippen MR) is 41.8 cm³/mol. The molecule has 4 heteroatoms. The van der Waals surface area contributed by atoms with Gasteiger partial charge in [0.05, 0.1) is 0 Å². The Hall–Kier alpha value is -0.770. The first-order valence-corrected chi connectivity index (χ1v) is 4.49. The van der Waals surface area contributed by atoms with Gasteiger partial charge < -0.3 is 10.1 Å². The number of cyclic esters (lactones) is 1. The lowest BCUT2D eigenvalue weighted by Crippen LogP contribution is -2.68. The third kappa shape index (κ3) is 0.684. The minimum Gasteiger partial charge on any atom is -0.447 e. The largest absolute Gasteiger partial charge is 0.447 e. The highest BCUT2D eigenvalue weighted by molar-refractivity contribution is 5.72. The molecule has 1 aliphatic carbocycles. The molecular formula is C8H12N2O2. The molecule has 3 rings (SSSR count). The zero-order chi connectivity index (χ0) is 8.18. The number of carbonyl (C=O) groups is 1. The second-order valence-corrected chi connectivity index (χ2v) is 3.98. The molecule has 66 valence electrons. The third-order valence-corrected chi connectivity index (χ3v) is 2.99. The minimum atomic E-state index is -0.0981. The topological polar surface area (TPSA) is 41.6 Å². The van der Waals surface area contributed by atoms with Crippen molar-refractivity contribution in [3.05, 3.63) is 0 Å². The lowest BCUT2D eigenvalue weighted by atomic mass is 9.92. The van der Waals surface area contributed by atoms with Crippen LogP contribution in [0.1, 0.15) is 12.8 Å². The van der Waals surface area contributed by atoms with E-state index in [9.17, 15) is 4.79 Å². The smallest absolute Gasteiger partial charge is 0.410 e. The number of nitrogens with one attached hydrogen (secondary N) is 1. The molecule has 12 heavy (non-hydrogen) atoms. The van der Waals surface area contributed by atoms with Crippen LogP contribution in [0.2, 0.25) is 0 Å². The summed E-state index contributed by atoms with van der Waals surface area (Å²) >= 11 is 0. The average molecular weight is 168 g/mol. The number of carbonyl (C=O) groups excluding carboxylic acids is 1. The highest BCUT2D eigenvalue weighted by Crippen LogP contribution is 2.38. The Bertz CT molecular complexity index is 233. The van der Waals surface area contributed by atoms with E-state index in [1.807, 2.05) is 4.90 Å². The number of nitrogens with zero attached hydrogens (tertiary/aromatic N) is 1. The fourth-order valence-corrected chi connectivity index (χ4v) is 2.08. The molecule has 0 bridgehead atoms. The van der Waals surface area contributed by atoms with Crippen LogP contribution in [-0.2, 0) is 4.74 Å². The quantitative estimate of drug-likeness (QED) is 0.596. The molecule has 0 aromatic heterocycles. The van der Waals surface area contributed by atoms with Crippen LogP contribution in [0, 0.1) is 0 Å². The van der Waals surface area contributed by atoms with Crippen molar-refractivity contribution in [3.63, 3.8) is 0 Å². The van der Waals surface area contributed by atoms with E-state index in [1.165, 1.54) is 0 Å². The summed E-state index contributed by atoms with van der Waals surface area (Å²) in [5, 5.41) is 3.20. The highest BCUT2D eigenvalue weighted by Gasteiger charge is 2.56. The number of rotatable bonds is 1. The summed E-state index contributed by atoms with van der Waals surface area (Å²) in [6.07, 6.45) is 2.23. The van der Waals surface area contributed by atoms with Crippen molar-refractivity contribution in [1.82, 2.24) is 10.2 Å². The summed E-state index contributed by atoms with van der Waals surface area (Å²) in [6.45, 7) is 2.42. The van der Waals surface area contributed by atoms with Gasteiger partial charge in [0.15, 0.2) is 0 Å². The van der Waals surface area contributed by atoms with Gasteiger partial charge >= 0.3 is 6.09 Å². The fourth-order valence-electron chi connectivity index (χ4n) is 2.08. The molecule has 2 aliphatic heterocycles. The maximum absolute atomic E-state index is 11.3. The molecule has 0 aromatic rings. The van der Waals surface area contributed by atoms with Crippen LogP contribution in [0.3, 0.4) is 0 Å². The minimum absolute atomic E-state index is 0.0399. The number of ether oxygens (including phenoxy) is 1. The normalized spacial score (nSPS) is 32.0. The van der Waals surface area contributed by atoms with Gasteiger partial charge in [-0.25, -0.2) is 4.79 Å². The SMILES string of the molecule is O=C1OCC2(CNC2)N1C1CC1. The summed E-state index contributed by atoms with van der Waals surface area (Å²) in [4.78, 5) is 13.3. The van der Waals surface area contributed by atoms with Gasteiger partial charge in [-0.15, -0.1) is 0 Å². The van der Waals surface area contributed by atoms with Crippen LogP contribution in [0.5, 0.6) is 0 Å². The van der Waals surface area contributed by atoms with Crippen molar-refractivity contribution in [2.24, 2.45) is 0 Å². The second kappa shape index (κ2) is 1.93. The molecule has 2 saturated heterocycles. The van der Waals surface area contributed by atoms with Crippen LogP contribution in [-0.4, -0.2) is 42.3 Å². The standard InChI is InChI=1S/C8H12N2O2/c11-7-10(6-1-2-6)8(5-12-7)3-9-4-8/h6,9H,1-5H2. The molecule has 2 heterocycles. The summed E-state index contributed by atoms with van der Waals surface area (Å²) in [7, 11) is 0. The average Bonchev–Trinajstić information content (AvgIpc) is 2.73. The van der Waals surface area contributed by atoms with Crippen LogP contribution in [0.4, 0.5) is 4.79 Å². The van der Waals surface area contributed by atoms with Gasteiger partial charge in [0.25, 0.3) is 0 Å². The van der Waals surface area contributed by atoms with Crippen molar-refractivity contribution in [1.29, 1.82) is 0 Å². The molecule has 3 aliphatic rings. The van der Waals surface area contributed by atoms with Gasteiger partial charge in [-0.2, -0.15) is 0 Å². The maximum atomic E-state index is 11.3. The van der Waals surface area contributed by atoms with E-state index in [0.717, 1.165) is 25.9 Å². The summed E-state index contributed by atoms with van der Waals surface area (Å²) in [5.41, 5.74) is 0.0399. The molecule has 1 spiro atoms. The Morgan fingerprint density at radius 1 is 1.50 bits per heavy atom. The monoisotopic (exact) mass is 168 g/mol. The fraction of sp³-hybridized carbons (Fsp3) is 0.875. The van der Waals surface area contributed by atoms with Crippen LogP contribution in [0.25, 0.3) is 0 Å². The number of amides is 1. The van der Waals surface area contributed by atoms with E-state index in [1.54, 1.807) is 0 Å². The van der Waals surface area contributed by atoms with Gasteiger partial charge in [0.1, 0.15) is 12.1 Å². The van der Waals surface area contributed by atoms with E-state index >= 15 is 0 Å². The Kier molecular flexibility index (Phi) is 1.08. The van der Waals surface area contributed by atoms with E-state index in [4.69, 9.17) is 4.74 Å². The summed E-state index contributed by atoms with van der Waals surface area (Å²) < 4.78 is 5.07. The zero-order valence-electron chi connectivity index (χ0n) is 6.88. The van der Waals surface area contributed by atoms with Crippen molar-refractivity contribution in [2.45, 2.75) is 24.4 Å². The molecule has 0 atom stereocenters. The number of hydrogen-bond acceptors (Lipinski definition) is 3. The molecule has 1 N–H and O–H groups in total. The van der Waals surface area contributed by atoms with Gasteiger partial charge in [-0.3, -0.25) is 4.90 Å². The van der Waals surface area contributed by atoms with E-state index in [0.29, 0.717) is 12.6 Å². The first-order chi connectivity index (χ1) is 5.82. The van der Waals surface area contributed by atoms with Crippen molar-refractivity contribution >= 4 is 6.09 Å². The lowest BCUT2D eigenvalue weighted by Gasteiger charge is -2.43. The van der Waals surface area contributed by atoms with Gasteiger partial charge in [-0.05, 0) is 12.8 Å². The third-order valence-electron chi connectivity index (χ3n) is 2.99. The molecule has 3 fully saturated rings. The summed E-state index contributed by atoms with van der Waals surface area (Å²) in [6, 6.07) is 0.488. The zero-order valence-corrected chi connectivity index (χ0v) is 6.88. The van der Waals surface area contributed by atoms with Crippen molar-refractivity contribution in [2.75, 3.05) is 19.7 Å². The van der Waals surface area contributed by atoms with Crippen LogP contribution < -0.4 is 5.32 Å². The van der Waals surface area contributed by atoms with Crippen molar-refractivity contribution in [3.8, 4) is 0 Å². The lowest BCUT2D eigenvalue weighted by molar-refractivity contribution is 0.0992. The Morgan fingerprint density at radius 3 is 2.75 bits per heavy atom. The van der Waals surface area contributed by atoms with Crippen molar-refractivity contribution < 1.29 is 9.53 Å². The molecule has 4 nitrogen and oxygen atoms in total. The first kappa shape index (κ1) is 6.71. The maximum Gasteiger partial charge on any atom is 0.410 e. The Labute approximate surface area is 70.9 Å². The molecule has 0 radical (unpaired) electrons. The molecule has 0 unspecified atom stereocenters. The molecule has 1 saturated carbocycles. The van der Waals surface area contributed by atoms with E-state index in [-0.39, 0.29) is 11.6 Å². The van der Waals surface area contributed by atoms with Gasteiger partial charge in [0.2, 0.25) is 0 Å². The molecule has 1 amide bonds. The van der Waals surface area contributed by atoms with Crippen LogP contribution >= 0.6 is 0 Å². The Morgan fingerprint density at radius 2 is 2.25 bits per heavy atom. The second-order valence-electron chi connectivity index (χ2n) is 3.98. The van der Waals surface area contributed by atoms with E-state index < -0.39 is 0 Å². The van der Waals surface area contributed by atoms with Crippen LogP contribution in [0.15, 0.2) is 0 Å². The van der Waals surface area contributed by atoms with Gasteiger partial charge in [0, 0.05) is 19.1 Å². The first-order valence-electron chi connectivity index (χ1n) is 4.49. The highest BCUT2D eigenvalue weighted by atomic mass is 16.6. The van der Waals surface area contributed by atoms with Gasteiger partial charge in [-0.1, -0.05) is 0 Å². The molecule has 0 aromatic carbocycles. The Balaban J connectivity index is 1.88. The predicted octanol–water partition coefficient (Wildman–Crippen LogP) is -0.0570.